The zero-order valence-electron chi connectivity index (χ0n) is 11.8. The summed E-state index contributed by atoms with van der Waals surface area (Å²) in [6.07, 6.45) is 0.399. The van der Waals surface area contributed by atoms with Crippen LogP contribution in [0.1, 0.15) is 12.0 Å². The molecule has 1 saturated heterocycles. The Bertz CT molecular complexity index is 475. The molecular formula is C15H19NO4. The highest BCUT2D eigenvalue weighted by atomic mass is 16.5. The standard InChI is InChI=1S/C15H19NO4/c1-19-12-5-3-11(4-6-12)9-16-8-7-14(17)13(10-16)15(18)20-2/h3-6,13H,7-10H2,1-2H3. The Hall–Kier alpha value is -1.88. The van der Waals surface area contributed by atoms with Gasteiger partial charge in [0.15, 0.2) is 0 Å². The van der Waals surface area contributed by atoms with Crippen molar-refractivity contribution in [1.82, 2.24) is 4.90 Å². The summed E-state index contributed by atoms with van der Waals surface area (Å²) in [7, 11) is 2.95. The Morgan fingerprint density at radius 3 is 2.60 bits per heavy atom. The minimum absolute atomic E-state index is 0.0252. The van der Waals surface area contributed by atoms with E-state index in [-0.39, 0.29) is 5.78 Å². The summed E-state index contributed by atoms with van der Waals surface area (Å²) in [6, 6.07) is 7.79. The Labute approximate surface area is 118 Å². The molecule has 0 aromatic heterocycles. The third kappa shape index (κ3) is 3.36. The molecule has 0 spiro atoms. The Morgan fingerprint density at radius 2 is 2.00 bits per heavy atom. The van der Waals surface area contributed by atoms with Gasteiger partial charge in [-0.05, 0) is 17.7 Å². The van der Waals surface area contributed by atoms with Crippen molar-refractivity contribution in [2.75, 3.05) is 27.3 Å². The largest absolute Gasteiger partial charge is 0.497 e. The molecule has 1 atom stereocenters. The molecular weight excluding hydrogens is 258 g/mol. The Balaban J connectivity index is 1.98. The molecule has 0 saturated carbocycles. The number of ketones is 1. The van der Waals surface area contributed by atoms with E-state index in [1.165, 1.54) is 7.11 Å². The first kappa shape index (κ1) is 14.5. The predicted octanol–water partition coefficient (Wildman–Crippen LogP) is 1.26. The van der Waals surface area contributed by atoms with Gasteiger partial charge in [-0.2, -0.15) is 0 Å². The summed E-state index contributed by atoms with van der Waals surface area (Å²) in [4.78, 5) is 25.4. The highest BCUT2D eigenvalue weighted by molar-refractivity contribution is 5.99. The van der Waals surface area contributed by atoms with Gasteiger partial charge in [-0.3, -0.25) is 14.5 Å². The van der Waals surface area contributed by atoms with Crippen LogP contribution in [0.4, 0.5) is 0 Å². The summed E-state index contributed by atoms with van der Waals surface area (Å²) < 4.78 is 9.80. The molecule has 2 rings (SSSR count). The van der Waals surface area contributed by atoms with Gasteiger partial charge in [-0.15, -0.1) is 0 Å². The minimum Gasteiger partial charge on any atom is -0.497 e. The number of rotatable bonds is 4. The molecule has 0 amide bonds. The number of ether oxygens (including phenoxy) is 2. The van der Waals surface area contributed by atoms with Crippen LogP contribution in [0.2, 0.25) is 0 Å². The second-order valence-electron chi connectivity index (χ2n) is 4.88. The first-order valence-corrected chi connectivity index (χ1v) is 6.60. The van der Waals surface area contributed by atoms with Crippen molar-refractivity contribution in [1.29, 1.82) is 0 Å². The van der Waals surface area contributed by atoms with E-state index in [4.69, 9.17) is 4.74 Å². The number of carbonyl (C=O) groups is 2. The van der Waals surface area contributed by atoms with Gasteiger partial charge in [0.05, 0.1) is 14.2 Å². The third-order valence-corrected chi connectivity index (χ3v) is 3.55. The van der Waals surface area contributed by atoms with Gasteiger partial charge < -0.3 is 9.47 Å². The van der Waals surface area contributed by atoms with Crippen molar-refractivity contribution >= 4 is 11.8 Å². The highest BCUT2D eigenvalue weighted by Gasteiger charge is 2.33. The van der Waals surface area contributed by atoms with Crippen LogP contribution in [0, 0.1) is 5.92 Å². The first-order chi connectivity index (χ1) is 9.63. The van der Waals surface area contributed by atoms with Crippen LogP contribution < -0.4 is 4.74 Å². The molecule has 1 fully saturated rings. The lowest BCUT2D eigenvalue weighted by Gasteiger charge is -2.30. The van der Waals surface area contributed by atoms with Crippen LogP contribution in [0.3, 0.4) is 0 Å². The zero-order chi connectivity index (χ0) is 14.5. The SMILES string of the molecule is COC(=O)C1CN(Cc2ccc(OC)cc2)CCC1=O. The van der Waals surface area contributed by atoms with E-state index in [2.05, 4.69) is 9.64 Å². The van der Waals surface area contributed by atoms with E-state index in [0.717, 1.165) is 11.3 Å². The molecule has 1 heterocycles. The number of carbonyl (C=O) groups excluding carboxylic acids is 2. The summed E-state index contributed by atoms with van der Waals surface area (Å²) in [5, 5.41) is 0. The molecule has 108 valence electrons. The molecule has 0 radical (unpaired) electrons. The van der Waals surface area contributed by atoms with Gasteiger partial charge in [-0.25, -0.2) is 0 Å². The maximum Gasteiger partial charge on any atom is 0.317 e. The number of benzene rings is 1. The molecule has 20 heavy (non-hydrogen) atoms. The summed E-state index contributed by atoms with van der Waals surface area (Å²) in [6.45, 7) is 1.82. The zero-order valence-corrected chi connectivity index (χ0v) is 11.8. The van der Waals surface area contributed by atoms with Gasteiger partial charge in [0.25, 0.3) is 0 Å². The van der Waals surface area contributed by atoms with E-state index < -0.39 is 11.9 Å². The number of piperidine rings is 1. The predicted molar refractivity (Wildman–Crippen MR) is 73.4 cm³/mol. The van der Waals surface area contributed by atoms with E-state index >= 15 is 0 Å². The minimum atomic E-state index is -0.646. The van der Waals surface area contributed by atoms with E-state index in [1.807, 2.05) is 24.3 Å². The maximum atomic E-state index is 11.7. The fourth-order valence-electron chi connectivity index (χ4n) is 2.37. The molecule has 1 aromatic rings. The number of esters is 1. The van der Waals surface area contributed by atoms with Crippen molar-refractivity contribution in [2.24, 2.45) is 5.92 Å². The summed E-state index contributed by atoms with van der Waals surface area (Å²) >= 11 is 0. The lowest BCUT2D eigenvalue weighted by molar-refractivity contribution is -0.152. The van der Waals surface area contributed by atoms with Crippen molar-refractivity contribution in [2.45, 2.75) is 13.0 Å². The molecule has 5 heteroatoms. The smallest absolute Gasteiger partial charge is 0.317 e. The third-order valence-electron chi connectivity index (χ3n) is 3.55. The number of hydrogen-bond acceptors (Lipinski definition) is 5. The van der Waals surface area contributed by atoms with Crippen molar-refractivity contribution in [3.8, 4) is 5.75 Å². The monoisotopic (exact) mass is 277 g/mol. The van der Waals surface area contributed by atoms with Gasteiger partial charge in [0, 0.05) is 26.1 Å². The van der Waals surface area contributed by atoms with Crippen LogP contribution in [0.25, 0.3) is 0 Å². The quantitative estimate of drug-likeness (QED) is 0.612. The van der Waals surface area contributed by atoms with Crippen LogP contribution >= 0.6 is 0 Å². The molecule has 1 aliphatic heterocycles. The Morgan fingerprint density at radius 1 is 1.30 bits per heavy atom. The summed E-state index contributed by atoms with van der Waals surface area (Å²) in [5.74, 6) is -0.292. The molecule has 0 aliphatic carbocycles. The average molecular weight is 277 g/mol. The normalized spacial score (nSPS) is 19.7. The van der Waals surface area contributed by atoms with E-state index in [0.29, 0.717) is 26.1 Å². The molecule has 1 unspecified atom stereocenters. The number of hydrogen-bond donors (Lipinski definition) is 0. The van der Waals surface area contributed by atoms with Gasteiger partial charge in [-0.1, -0.05) is 12.1 Å². The van der Waals surface area contributed by atoms with E-state index in [1.54, 1.807) is 7.11 Å². The topological polar surface area (TPSA) is 55.8 Å². The first-order valence-electron chi connectivity index (χ1n) is 6.60. The lowest BCUT2D eigenvalue weighted by atomic mass is 9.96. The van der Waals surface area contributed by atoms with Crippen LogP contribution in [0.5, 0.6) is 5.75 Å². The van der Waals surface area contributed by atoms with Gasteiger partial charge in [0.1, 0.15) is 17.5 Å². The molecule has 0 bridgehead atoms. The highest BCUT2D eigenvalue weighted by Crippen LogP contribution is 2.18. The number of Topliss-reactive ketones (excluding diaryl/α,β-unsaturated/α-hetero) is 1. The average Bonchev–Trinajstić information content (AvgIpc) is 2.49. The second-order valence-corrected chi connectivity index (χ2v) is 4.88. The molecule has 1 aliphatic rings. The fraction of sp³-hybridized carbons (Fsp3) is 0.467. The van der Waals surface area contributed by atoms with Crippen LogP contribution in [-0.2, 0) is 20.9 Å². The summed E-state index contributed by atoms with van der Waals surface area (Å²) in [5.41, 5.74) is 1.13. The molecule has 0 N–H and O–H groups in total. The lowest BCUT2D eigenvalue weighted by Crippen LogP contribution is -2.44. The van der Waals surface area contributed by atoms with Crippen molar-refractivity contribution < 1.29 is 19.1 Å². The van der Waals surface area contributed by atoms with Crippen LogP contribution in [-0.4, -0.2) is 44.0 Å². The second kappa shape index (κ2) is 6.52. The Kier molecular flexibility index (Phi) is 4.74. The number of nitrogens with zero attached hydrogens (tertiary/aromatic N) is 1. The maximum absolute atomic E-state index is 11.7. The number of likely N-dealkylation sites (tertiary alicyclic amines) is 1. The molecule has 5 nitrogen and oxygen atoms in total. The van der Waals surface area contributed by atoms with Crippen molar-refractivity contribution in [3.63, 3.8) is 0 Å². The van der Waals surface area contributed by atoms with Crippen LogP contribution in [0.15, 0.2) is 24.3 Å². The fourth-order valence-corrected chi connectivity index (χ4v) is 2.37. The van der Waals surface area contributed by atoms with Gasteiger partial charge in [0.2, 0.25) is 0 Å². The van der Waals surface area contributed by atoms with E-state index in [9.17, 15) is 9.59 Å². The number of methoxy groups -OCH3 is 2. The van der Waals surface area contributed by atoms with Crippen molar-refractivity contribution in [3.05, 3.63) is 29.8 Å². The van der Waals surface area contributed by atoms with Gasteiger partial charge >= 0.3 is 5.97 Å². The molecule has 1 aromatic carbocycles.